The van der Waals surface area contributed by atoms with E-state index in [1.165, 1.54) is 18.2 Å². The first-order valence-electron chi connectivity index (χ1n) is 5.61. The molecular formula is C13H17NO3. The predicted octanol–water partition coefficient (Wildman–Crippen LogP) is 2.03. The van der Waals surface area contributed by atoms with Crippen LogP contribution in [0, 0.1) is 0 Å². The predicted molar refractivity (Wildman–Crippen MR) is 66.7 cm³/mol. The molecule has 0 atom stereocenters. The van der Waals surface area contributed by atoms with Gasteiger partial charge in [-0.15, -0.1) is 0 Å². The van der Waals surface area contributed by atoms with Gasteiger partial charge in [-0.2, -0.15) is 0 Å². The Kier molecular flexibility index (Phi) is 5.07. The number of aromatic hydroxyl groups is 2. The molecule has 0 aliphatic carbocycles. The van der Waals surface area contributed by atoms with Gasteiger partial charge in [0, 0.05) is 12.6 Å². The fourth-order valence-corrected chi connectivity index (χ4v) is 1.26. The Bertz CT molecular complexity index is 413. The van der Waals surface area contributed by atoms with Gasteiger partial charge in [0.05, 0.1) is 0 Å². The van der Waals surface area contributed by atoms with E-state index < -0.39 is 0 Å². The van der Waals surface area contributed by atoms with E-state index in [2.05, 4.69) is 12.2 Å². The van der Waals surface area contributed by atoms with Crippen molar-refractivity contribution < 1.29 is 15.0 Å². The third-order valence-electron chi connectivity index (χ3n) is 2.26. The molecule has 0 aliphatic heterocycles. The number of unbranched alkanes of at least 4 members (excludes halogenated alkanes) is 1. The van der Waals surface area contributed by atoms with E-state index in [-0.39, 0.29) is 17.4 Å². The highest BCUT2D eigenvalue weighted by Crippen LogP contribution is 2.25. The van der Waals surface area contributed by atoms with Gasteiger partial charge in [0.25, 0.3) is 0 Å². The van der Waals surface area contributed by atoms with Gasteiger partial charge in [0.2, 0.25) is 5.91 Å². The van der Waals surface area contributed by atoms with E-state index >= 15 is 0 Å². The van der Waals surface area contributed by atoms with E-state index in [0.29, 0.717) is 12.1 Å². The largest absolute Gasteiger partial charge is 0.504 e. The van der Waals surface area contributed by atoms with Crippen LogP contribution in [0.15, 0.2) is 24.3 Å². The zero-order chi connectivity index (χ0) is 12.7. The maximum atomic E-state index is 11.3. The number of phenolic OH excluding ortho intramolecular Hbond substituents is 2. The Labute approximate surface area is 101 Å². The number of nitrogens with one attached hydrogen (secondary N) is 1. The standard InChI is InChI=1S/C13H17NO3/c1-2-3-8-14-13(17)7-5-10-4-6-11(15)12(16)9-10/h4-7,9,15-16H,2-3,8H2,1H3,(H,14,17)/b7-5+. The summed E-state index contributed by atoms with van der Waals surface area (Å²) in [5, 5.41) is 21.1. The summed E-state index contributed by atoms with van der Waals surface area (Å²) in [6.07, 6.45) is 4.98. The first kappa shape index (κ1) is 13.1. The van der Waals surface area contributed by atoms with Crippen LogP contribution in [0.25, 0.3) is 6.08 Å². The highest BCUT2D eigenvalue weighted by Gasteiger charge is 1.98. The lowest BCUT2D eigenvalue weighted by Crippen LogP contribution is -2.21. The first-order valence-corrected chi connectivity index (χ1v) is 5.61. The maximum absolute atomic E-state index is 11.3. The third kappa shape index (κ3) is 4.59. The van der Waals surface area contributed by atoms with Crippen molar-refractivity contribution in [2.24, 2.45) is 0 Å². The molecule has 0 unspecified atom stereocenters. The van der Waals surface area contributed by atoms with Crippen LogP contribution in [0.1, 0.15) is 25.3 Å². The average molecular weight is 235 g/mol. The molecule has 1 aromatic rings. The van der Waals surface area contributed by atoms with Crippen LogP contribution < -0.4 is 5.32 Å². The van der Waals surface area contributed by atoms with Crippen LogP contribution in [0.3, 0.4) is 0 Å². The molecule has 0 aromatic heterocycles. The third-order valence-corrected chi connectivity index (χ3v) is 2.26. The molecule has 0 aliphatic rings. The van der Waals surface area contributed by atoms with Gasteiger partial charge in [-0.05, 0) is 30.2 Å². The van der Waals surface area contributed by atoms with Crippen LogP contribution in [0.4, 0.5) is 0 Å². The van der Waals surface area contributed by atoms with E-state index in [9.17, 15) is 9.90 Å². The molecule has 1 rings (SSSR count). The minimum atomic E-state index is -0.196. The molecule has 0 saturated carbocycles. The molecule has 17 heavy (non-hydrogen) atoms. The van der Waals surface area contributed by atoms with Gasteiger partial charge in [0.15, 0.2) is 11.5 Å². The van der Waals surface area contributed by atoms with Crippen LogP contribution in [0.2, 0.25) is 0 Å². The second-order valence-electron chi connectivity index (χ2n) is 3.73. The molecule has 0 bridgehead atoms. The van der Waals surface area contributed by atoms with Crippen molar-refractivity contribution in [3.05, 3.63) is 29.8 Å². The number of benzene rings is 1. The smallest absolute Gasteiger partial charge is 0.243 e. The lowest BCUT2D eigenvalue weighted by atomic mass is 10.2. The van der Waals surface area contributed by atoms with Crippen molar-refractivity contribution >= 4 is 12.0 Å². The van der Waals surface area contributed by atoms with Gasteiger partial charge in [-0.25, -0.2) is 0 Å². The number of carbonyl (C=O) groups is 1. The summed E-state index contributed by atoms with van der Waals surface area (Å²) in [5.41, 5.74) is 0.658. The van der Waals surface area contributed by atoms with Gasteiger partial charge >= 0.3 is 0 Å². The van der Waals surface area contributed by atoms with Gasteiger partial charge in [-0.1, -0.05) is 19.4 Å². The highest BCUT2D eigenvalue weighted by atomic mass is 16.3. The lowest BCUT2D eigenvalue weighted by molar-refractivity contribution is -0.116. The summed E-state index contributed by atoms with van der Waals surface area (Å²) in [6.45, 7) is 2.72. The zero-order valence-corrected chi connectivity index (χ0v) is 9.81. The topological polar surface area (TPSA) is 69.6 Å². The second kappa shape index (κ2) is 6.58. The van der Waals surface area contributed by atoms with E-state index in [0.717, 1.165) is 12.8 Å². The van der Waals surface area contributed by atoms with Crippen molar-refractivity contribution in [1.82, 2.24) is 5.32 Å². The average Bonchev–Trinajstić information content (AvgIpc) is 2.31. The Morgan fingerprint density at radius 1 is 1.35 bits per heavy atom. The Hall–Kier alpha value is -1.97. The number of carbonyl (C=O) groups excluding carboxylic acids is 1. The molecule has 0 radical (unpaired) electrons. The number of rotatable bonds is 5. The molecule has 0 spiro atoms. The second-order valence-corrected chi connectivity index (χ2v) is 3.73. The SMILES string of the molecule is CCCCNC(=O)/C=C/c1ccc(O)c(O)c1. The summed E-state index contributed by atoms with van der Waals surface area (Å²) in [7, 11) is 0. The van der Waals surface area contributed by atoms with E-state index in [1.807, 2.05) is 0 Å². The van der Waals surface area contributed by atoms with Crippen molar-refractivity contribution in [3.63, 3.8) is 0 Å². The van der Waals surface area contributed by atoms with Crippen LogP contribution in [-0.2, 0) is 4.79 Å². The number of hydrogen-bond acceptors (Lipinski definition) is 3. The summed E-state index contributed by atoms with van der Waals surface area (Å²) in [6, 6.07) is 4.39. The molecular weight excluding hydrogens is 218 g/mol. The molecule has 1 aromatic carbocycles. The highest BCUT2D eigenvalue weighted by molar-refractivity contribution is 5.91. The first-order chi connectivity index (χ1) is 8.13. The minimum Gasteiger partial charge on any atom is -0.504 e. The Morgan fingerprint density at radius 3 is 2.76 bits per heavy atom. The Balaban J connectivity index is 2.52. The molecule has 4 heteroatoms. The monoisotopic (exact) mass is 235 g/mol. The van der Waals surface area contributed by atoms with Gasteiger partial charge < -0.3 is 15.5 Å². The van der Waals surface area contributed by atoms with Gasteiger partial charge in [-0.3, -0.25) is 4.79 Å². The zero-order valence-electron chi connectivity index (χ0n) is 9.81. The Morgan fingerprint density at radius 2 is 2.12 bits per heavy atom. The van der Waals surface area contributed by atoms with E-state index in [4.69, 9.17) is 5.11 Å². The molecule has 3 N–H and O–H groups in total. The summed E-state index contributed by atoms with van der Waals surface area (Å²) >= 11 is 0. The summed E-state index contributed by atoms with van der Waals surface area (Å²) < 4.78 is 0. The lowest BCUT2D eigenvalue weighted by Gasteiger charge is -2.00. The van der Waals surface area contributed by atoms with Gasteiger partial charge in [0.1, 0.15) is 0 Å². The van der Waals surface area contributed by atoms with Crippen molar-refractivity contribution in [2.45, 2.75) is 19.8 Å². The van der Waals surface area contributed by atoms with Crippen LogP contribution in [-0.4, -0.2) is 22.7 Å². The van der Waals surface area contributed by atoms with E-state index in [1.54, 1.807) is 12.1 Å². The van der Waals surface area contributed by atoms with Crippen LogP contribution >= 0.6 is 0 Å². The molecule has 0 saturated heterocycles. The summed E-state index contributed by atoms with van der Waals surface area (Å²) in [5.74, 6) is -0.529. The number of hydrogen-bond donors (Lipinski definition) is 3. The minimum absolute atomic E-state index is 0.161. The molecule has 0 fully saturated rings. The van der Waals surface area contributed by atoms with Crippen molar-refractivity contribution in [3.8, 4) is 11.5 Å². The fraction of sp³-hybridized carbons (Fsp3) is 0.308. The van der Waals surface area contributed by atoms with Crippen molar-refractivity contribution in [1.29, 1.82) is 0 Å². The normalized spacial score (nSPS) is 10.6. The molecule has 92 valence electrons. The summed E-state index contributed by atoms with van der Waals surface area (Å²) in [4.78, 5) is 11.3. The maximum Gasteiger partial charge on any atom is 0.243 e. The molecule has 4 nitrogen and oxygen atoms in total. The van der Waals surface area contributed by atoms with Crippen LogP contribution in [0.5, 0.6) is 11.5 Å². The van der Waals surface area contributed by atoms with Crippen molar-refractivity contribution in [2.75, 3.05) is 6.54 Å². The number of phenols is 2. The molecule has 1 amide bonds. The fourth-order valence-electron chi connectivity index (χ4n) is 1.26. The quantitative estimate of drug-likeness (QED) is 0.415. The molecule has 0 heterocycles. The number of amides is 1.